The van der Waals surface area contributed by atoms with Gasteiger partial charge in [0, 0.05) is 6.08 Å². The van der Waals surface area contributed by atoms with Crippen LogP contribution in [0.15, 0.2) is 41.3 Å². The fraction of sp³-hybridized carbons (Fsp3) is 0.0833. The van der Waals surface area contributed by atoms with Gasteiger partial charge in [-0.1, -0.05) is 24.8 Å². The van der Waals surface area contributed by atoms with Gasteiger partial charge >= 0.3 is 0 Å². The van der Waals surface area contributed by atoms with Gasteiger partial charge in [-0.2, -0.15) is 0 Å². The third-order valence-corrected chi connectivity index (χ3v) is 1.93. The van der Waals surface area contributed by atoms with Crippen molar-refractivity contribution in [3.05, 3.63) is 48.4 Å². The van der Waals surface area contributed by atoms with E-state index in [9.17, 15) is 0 Å². The first kappa shape index (κ1) is 8.75. The molecule has 0 bridgehead atoms. The summed E-state index contributed by atoms with van der Waals surface area (Å²) in [5.41, 5.74) is 2.90. The van der Waals surface area contributed by atoms with Crippen LogP contribution in [0.5, 0.6) is 0 Å². The molecule has 1 heterocycles. The van der Waals surface area contributed by atoms with E-state index < -0.39 is 0 Å². The van der Waals surface area contributed by atoms with Crippen molar-refractivity contribution in [1.29, 1.82) is 0 Å². The van der Waals surface area contributed by atoms with Crippen LogP contribution in [0, 0.1) is 6.92 Å². The molecule has 1 aromatic carbocycles. The number of benzene rings is 1. The summed E-state index contributed by atoms with van der Waals surface area (Å²) in [6.45, 7) is 5.62. The Morgan fingerprint density at radius 1 is 1.43 bits per heavy atom. The SMILES string of the molecule is C=C/C=C/c1nc2cc(C)ccc2o1. The molecular formula is C12H11NO. The van der Waals surface area contributed by atoms with E-state index in [1.165, 1.54) is 5.56 Å². The van der Waals surface area contributed by atoms with Crippen LogP contribution < -0.4 is 0 Å². The van der Waals surface area contributed by atoms with Gasteiger partial charge in [0.2, 0.25) is 5.89 Å². The van der Waals surface area contributed by atoms with Crippen molar-refractivity contribution in [3.8, 4) is 0 Å². The second-order valence-electron chi connectivity index (χ2n) is 3.12. The Kier molecular flexibility index (Phi) is 2.19. The molecule has 2 nitrogen and oxygen atoms in total. The molecule has 1 aromatic heterocycles. The highest BCUT2D eigenvalue weighted by atomic mass is 16.3. The molecule has 0 N–H and O–H groups in total. The molecule has 0 unspecified atom stereocenters. The number of nitrogens with zero attached hydrogens (tertiary/aromatic N) is 1. The van der Waals surface area contributed by atoms with Crippen LogP contribution in [-0.2, 0) is 0 Å². The number of aryl methyl sites for hydroxylation is 1. The summed E-state index contributed by atoms with van der Waals surface area (Å²) in [5, 5.41) is 0. The number of hydrogen-bond acceptors (Lipinski definition) is 2. The summed E-state index contributed by atoms with van der Waals surface area (Å²) in [4.78, 5) is 4.31. The lowest BCUT2D eigenvalue weighted by Crippen LogP contribution is -1.71. The van der Waals surface area contributed by atoms with Gasteiger partial charge in [-0.25, -0.2) is 4.98 Å². The minimum Gasteiger partial charge on any atom is -0.437 e. The zero-order valence-electron chi connectivity index (χ0n) is 8.03. The van der Waals surface area contributed by atoms with Gasteiger partial charge in [0.25, 0.3) is 0 Å². The molecule has 2 aromatic rings. The van der Waals surface area contributed by atoms with Crippen LogP contribution in [0.1, 0.15) is 11.5 Å². The van der Waals surface area contributed by atoms with E-state index in [0.29, 0.717) is 5.89 Å². The van der Waals surface area contributed by atoms with Gasteiger partial charge in [0.05, 0.1) is 0 Å². The summed E-state index contributed by atoms with van der Waals surface area (Å²) in [6.07, 6.45) is 5.29. The Labute approximate surface area is 82.6 Å². The molecule has 70 valence electrons. The molecule has 0 saturated heterocycles. The van der Waals surface area contributed by atoms with Gasteiger partial charge in [-0.05, 0) is 24.6 Å². The lowest BCUT2D eigenvalue weighted by Gasteiger charge is -1.87. The zero-order chi connectivity index (χ0) is 9.97. The van der Waals surface area contributed by atoms with Gasteiger partial charge in [0.15, 0.2) is 5.58 Å². The Bertz CT molecular complexity index is 494. The Balaban J connectivity index is 2.51. The van der Waals surface area contributed by atoms with Crippen LogP contribution in [0.2, 0.25) is 0 Å². The molecule has 0 radical (unpaired) electrons. The Hall–Kier alpha value is -1.83. The first-order chi connectivity index (χ1) is 6.79. The number of allylic oxidation sites excluding steroid dienone is 2. The van der Waals surface area contributed by atoms with Crippen LogP contribution in [-0.4, -0.2) is 4.98 Å². The maximum atomic E-state index is 5.48. The first-order valence-corrected chi connectivity index (χ1v) is 4.46. The maximum Gasteiger partial charge on any atom is 0.219 e. The molecule has 0 fully saturated rings. The average Bonchev–Trinajstić information content (AvgIpc) is 2.56. The minimum absolute atomic E-state index is 0.616. The van der Waals surface area contributed by atoms with E-state index in [-0.39, 0.29) is 0 Å². The van der Waals surface area contributed by atoms with E-state index in [2.05, 4.69) is 11.6 Å². The molecule has 14 heavy (non-hydrogen) atoms. The fourth-order valence-electron chi connectivity index (χ4n) is 1.28. The summed E-state index contributed by atoms with van der Waals surface area (Å²) in [7, 11) is 0. The predicted octanol–water partition coefficient (Wildman–Crippen LogP) is 3.34. The maximum absolute atomic E-state index is 5.48. The molecule has 0 amide bonds. The number of aromatic nitrogens is 1. The molecule has 0 aliphatic carbocycles. The fourth-order valence-corrected chi connectivity index (χ4v) is 1.28. The molecule has 0 aliphatic heterocycles. The predicted molar refractivity (Wildman–Crippen MR) is 58.0 cm³/mol. The summed E-state index contributed by atoms with van der Waals surface area (Å²) in [6, 6.07) is 5.95. The quantitative estimate of drug-likeness (QED) is 0.670. The van der Waals surface area contributed by atoms with Crippen molar-refractivity contribution in [2.75, 3.05) is 0 Å². The summed E-state index contributed by atoms with van der Waals surface area (Å²) < 4.78 is 5.48. The van der Waals surface area contributed by atoms with Crippen LogP contribution >= 0.6 is 0 Å². The minimum atomic E-state index is 0.616. The number of oxazole rings is 1. The molecule has 0 atom stereocenters. The van der Waals surface area contributed by atoms with E-state index in [1.54, 1.807) is 18.2 Å². The lowest BCUT2D eigenvalue weighted by molar-refractivity contribution is 0.589. The van der Waals surface area contributed by atoms with E-state index in [0.717, 1.165) is 11.1 Å². The normalized spacial score (nSPS) is 11.2. The van der Waals surface area contributed by atoms with Gasteiger partial charge in [0.1, 0.15) is 5.52 Å². The Morgan fingerprint density at radius 2 is 2.29 bits per heavy atom. The van der Waals surface area contributed by atoms with Gasteiger partial charge in [-0.3, -0.25) is 0 Å². The highest BCUT2D eigenvalue weighted by molar-refractivity contribution is 5.74. The van der Waals surface area contributed by atoms with Crippen molar-refractivity contribution in [2.45, 2.75) is 6.92 Å². The van der Waals surface area contributed by atoms with Crippen molar-refractivity contribution in [1.82, 2.24) is 4.98 Å². The van der Waals surface area contributed by atoms with Gasteiger partial charge in [-0.15, -0.1) is 0 Å². The summed E-state index contributed by atoms with van der Waals surface area (Å²) in [5.74, 6) is 0.616. The first-order valence-electron chi connectivity index (χ1n) is 4.46. The number of rotatable bonds is 2. The van der Waals surface area contributed by atoms with Gasteiger partial charge < -0.3 is 4.42 Å². The second kappa shape index (κ2) is 3.50. The number of hydrogen-bond donors (Lipinski definition) is 0. The molecule has 2 rings (SSSR count). The van der Waals surface area contributed by atoms with Crippen molar-refractivity contribution >= 4 is 17.2 Å². The number of fused-ring (bicyclic) bond motifs is 1. The topological polar surface area (TPSA) is 26.0 Å². The van der Waals surface area contributed by atoms with Crippen LogP contribution in [0.4, 0.5) is 0 Å². The second-order valence-corrected chi connectivity index (χ2v) is 3.12. The largest absolute Gasteiger partial charge is 0.437 e. The van der Waals surface area contributed by atoms with E-state index in [1.807, 2.05) is 25.1 Å². The molecule has 0 saturated carbocycles. The smallest absolute Gasteiger partial charge is 0.219 e. The van der Waals surface area contributed by atoms with E-state index in [4.69, 9.17) is 4.42 Å². The highest BCUT2D eigenvalue weighted by Crippen LogP contribution is 2.17. The van der Waals surface area contributed by atoms with Crippen molar-refractivity contribution in [2.24, 2.45) is 0 Å². The Morgan fingerprint density at radius 3 is 3.07 bits per heavy atom. The highest BCUT2D eigenvalue weighted by Gasteiger charge is 2.01. The van der Waals surface area contributed by atoms with Crippen LogP contribution in [0.25, 0.3) is 17.2 Å². The molecule has 0 aliphatic rings. The van der Waals surface area contributed by atoms with E-state index >= 15 is 0 Å². The van der Waals surface area contributed by atoms with Crippen LogP contribution in [0.3, 0.4) is 0 Å². The standard InChI is InChI=1S/C12H11NO/c1-3-4-5-12-13-10-8-9(2)6-7-11(10)14-12/h3-8H,1H2,2H3/b5-4+. The third-order valence-electron chi connectivity index (χ3n) is 1.93. The van der Waals surface area contributed by atoms with Crippen molar-refractivity contribution in [3.63, 3.8) is 0 Å². The average molecular weight is 185 g/mol. The molecule has 0 spiro atoms. The monoisotopic (exact) mass is 185 g/mol. The van der Waals surface area contributed by atoms with Crippen molar-refractivity contribution < 1.29 is 4.42 Å². The molecule has 2 heteroatoms. The lowest BCUT2D eigenvalue weighted by atomic mass is 10.2. The third kappa shape index (κ3) is 1.59. The summed E-state index contributed by atoms with van der Waals surface area (Å²) >= 11 is 0. The zero-order valence-corrected chi connectivity index (χ0v) is 8.03. The molecular weight excluding hydrogens is 174 g/mol.